The molecule has 0 aromatic carbocycles. The van der Waals surface area contributed by atoms with Crippen molar-refractivity contribution in [2.75, 3.05) is 25.6 Å². The normalized spacial score (nSPS) is 11.5. The van der Waals surface area contributed by atoms with Gasteiger partial charge in [-0.3, -0.25) is 9.59 Å². The number of hydrogen-bond acceptors (Lipinski definition) is 5. The molecule has 0 aliphatic heterocycles. The maximum atomic E-state index is 11.9. The highest BCUT2D eigenvalue weighted by atomic mass is 79.9. The number of nitrogens with zero attached hydrogens (tertiary/aromatic N) is 2. The van der Waals surface area contributed by atoms with E-state index in [1.54, 1.807) is 14.0 Å². The number of amides is 1. The molecule has 8 heteroatoms. The van der Waals surface area contributed by atoms with Crippen LogP contribution in [0.1, 0.15) is 6.92 Å². The third-order valence-corrected chi connectivity index (χ3v) is 3.36. The van der Waals surface area contributed by atoms with Crippen LogP contribution >= 0.6 is 15.9 Å². The van der Waals surface area contributed by atoms with Crippen LogP contribution in [0.15, 0.2) is 15.5 Å². The zero-order valence-electron chi connectivity index (χ0n) is 11.9. The number of anilines is 1. The van der Waals surface area contributed by atoms with E-state index in [2.05, 4.69) is 37.6 Å². The molecule has 1 unspecified atom stereocenters. The molecule has 1 aromatic heterocycles. The van der Waals surface area contributed by atoms with Crippen molar-refractivity contribution in [3.63, 3.8) is 0 Å². The van der Waals surface area contributed by atoms with Crippen LogP contribution in [-0.4, -0.2) is 42.0 Å². The first-order chi connectivity index (χ1) is 10.0. The van der Waals surface area contributed by atoms with Crippen molar-refractivity contribution < 1.29 is 9.53 Å². The zero-order chi connectivity index (χ0) is 15.8. The van der Waals surface area contributed by atoms with Gasteiger partial charge in [0.2, 0.25) is 5.91 Å². The van der Waals surface area contributed by atoms with Gasteiger partial charge in [0.15, 0.2) is 0 Å². The largest absolute Gasteiger partial charge is 0.383 e. The molecule has 0 saturated carbocycles. The summed E-state index contributed by atoms with van der Waals surface area (Å²) in [6.45, 7) is 2.63. The summed E-state index contributed by atoms with van der Waals surface area (Å²) in [6.07, 6.45) is 6.60. The van der Waals surface area contributed by atoms with Gasteiger partial charge in [-0.15, -0.1) is 6.42 Å². The number of methoxy groups -OCH3 is 1. The smallest absolute Gasteiger partial charge is 0.284 e. The molecule has 114 valence electrons. The van der Waals surface area contributed by atoms with E-state index in [1.807, 2.05) is 0 Å². The predicted molar refractivity (Wildman–Crippen MR) is 83.0 cm³/mol. The summed E-state index contributed by atoms with van der Waals surface area (Å²) in [5, 5.41) is 9.55. The van der Waals surface area contributed by atoms with Crippen molar-refractivity contribution in [1.82, 2.24) is 15.1 Å². The van der Waals surface area contributed by atoms with E-state index < -0.39 is 6.04 Å². The Morgan fingerprint density at radius 3 is 3.00 bits per heavy atom. The quantitative estimate of drug-likeness (QED) is 0.538. The number of hydrogen-bond donors (Lipinski definition) is 2. The van der Waals surface area contributed by atoms with Crippen LogP contribution < -0.4 is 16.2 Å². The maximum Gasteiger partial charge on any atom is 0.284 e. The summed E-state index contributed by atoms with van der Waals surface area (Å²) < 4.78 is 6.28. The monoisotopic (exact) mass is 356 g/mol. The Labute approximate surface area is 131 Å². The first-order valence-electron chi connectivity index (χ1n) is 6.23. The molecule has 0 fully saturated rings. The number of rotatable bonds is 7. The standard InChI is InChI=1S/C13H17BrN4O3/c1-4-6-18-13(20)11(14)10(8-16-18)17-9(2)12(19)15-5-7-21-3/h1,8-9,17H,5-7H2,2-3H3,(H,15,19). The van der Waals surface area contributed by atoms with Gasteiger partial charge in [0.1, 0.15) is 17.1 Å². The topological polar surface area (TPSA) is 85.2 Å². The Morgan fingerprint density at radius 2 is 2.38 bits per heavy atom. The first-order valence-corrected chi connectivity index (χ1v) is 7.02. The van der Waals surface area contributed by atoms with Crippen LogP contribution in [0.4, 0.5) is 5.69 Å². The van der Waals surface area contributed by atoms with Crippen LogP contribution in [0.2, 0.25) is 0 Å². The molecule has 1 amide bonds. The molecule has 1 rings (SSSR count). The lowest BCUT2D eigenvalue weighted by Gasteiger charge is -2.16. The fraction of sp³-hybridized carbons (Fsp3) is 0.462. The molecular weight excluding hydrogens is 340 g/mol. The molecule has 1 heterocycles. The third-order valence-electron chi connectivity index (χ3n) is 2.60. The molecule has 0 saturated heterocycles. The van der Waals surface area contributed by atoms with Gasteiger partial charge in [-0.05, 0) is 22.9 Å². The summed E-state index contributed by atoms with van der Waals surface area (Å²) >= 11 is 3.19. The van der Waals surface area contributed by atoms with Crippen LogP contribution in [0.5, 0.6) is 0 Å². The summed E-state index contributed by atoms with van der Waals surface area (Å²) in [5.74, 6) is 2.14. The minimum absolute atomic E-state index is 0.0881. The molecule has 1 aromatic rings. The van der Waals surface area contributed by atoms with Crippen molar-refractivity contribution in [2.24, 2.45) is 0 Å². The Kier molecular flexibility index (Phi) is 6.91. The second-order valence-electron chi connectivity index (χ2n) is 4.19. The second-order valence-corrected chi connectivity index (χ2v) is 4.98. The number of ether oxygens (including phenoxy) is 1. The van der Waals surface area contributed by atoms with Gasteiger partial charge >= 0.3 is 0 Å². The van der Waals surface area contributed by atoms with Gasteiger partial charge in [0.25, 0.3) is 5.56 Å². The number of carbonyl (C=O) groups excluding carboxylic acids is 1. The number of terminal acetylenes is 1. The number of carbonyl (C=O) groups is 1. The number of halogens is 1. The van der Waals surface area contributed by atoms with Gasteiger partial charge in [-0.2, -0.15) is 5.10 Å². The molecule has 0 spiro atoms. The van der Waals surface area contributed by atoms with E-state index in [4.69, 9.17) is 11.2 Å². The van der Waals surface area contributed by atoms with E-state index >= 15 is 0 Å². The molecule has 1 atom stereocenters. The van der Waals surface area contributed by atoms with Crippen LogP contribution in [0.3, 0.4) is 0 Å². The lowest BCUT2D eigenvalue weighted by atomic mass is 10.3. The summed E-state index contributed by atoms with van der Waals surface area (Å²) in [4.78, 5) is 23.8. The van der Waals surface area contributed by atoms with Crippen molar-refractivity contribution in [2.45, 2.75) is 19.5 Å². The van der Waals surface area contributed by atoms with Crippen molar-refractivity contribution >= 4 is 27.5 Å². The van der Waals surface area contributed by atoms with Gasteiger partial charge in [-0.25, -0.2) is 4.68 Å². The Hall–Kier alpha value is -1.85. The van der Waals surface area contributed by atoms with E-state index in [1.165, 1.54) is 6.20 Å². The molecule has 0 bridgehead atoms. The minimum atomic E-state index is -0.525. The predicted octanol–water partition coefficient (Wildman–Crippen LogP) is 0.202. The molecular formula is C13H17BrN4O3. The van der Waals surface area contributed by atoms with Gasteiger partial charge in [-0.1, -0.05) is 5.92 Å². The molecule has 0 radical (unpaired) electrons. The molecule has 0 aliphatic rings. The van der Waals surface area contributed by atoms with Crippen LogP contribution in [0.25, 0.3) is 0 Å². The Morgan fingerprint density at radius 1 is 1.67 bits per heavy atom. The zero-order valence-corrected chi connectivity index (χ0v) is 13.4. The van der Waals surface area contributed by atoms with E-state index in [0.29, 0.717) is 18.8 Å². The third kappa shape index (κ3) is 4.88. The lowest BCUT2D eigenvalue weighted by Crippen LogP contribution is -2.39. The summed E-state index contributed by atoms with van der Waals surface area (Å²) in [6, 6.07) is -0.525. The average molecular weight is 357 g/mol. The fourth-order valence-electron chi connectivity index (χ4n) is 1.49. The molecule has 7 nitrogen and oxygen atoms in total. The molecule has 2 N–H and O–H groups in total. The second kappa shape index (κ2) is 8.44. The highest BCUT2D eigenvalue weighted by Gasteiger charge is 2.15. The van der Waals surface area contributed by atoms with Gasteiger partial charge < -0.3 is 15.4 Å². The van der Waals surface area contributed by atoms with Crippen LogP contribution in [0, 0.1) is 12.3 Å². The Balaban J connectivity index is 2.75. The summed E-state index contributed by atoms with van der Waals surface area (Å²) in [5.41, 5.74) is 0.0765. The van der Waals surface area contributed by atoms with E-state index in [9.17, 15) is 9.59 Å². The van der Waals surface area contributed by atoms with Gasteiger partial charge in [0.05, 0.1) is 18.5 Å². The SMILES string of the molecule is C#CCn1ncc(NC(C)C(=O)NCCOC)c(Br)c1=O. The number of nitrogens with one attached hydrogen (secondary N) is 2. The first kappa shape index (κ1) is 17.2. The van der Waals surface area contributed by atoms with Crippen LogP contribution in [-0.2, 0) is 16.1 Å². The average Bonchev–Trinajstić information content (AvgIpc) is 2.47. The molecule has 21 heavy (non-hydrogen) atoms. The van der Waals surface area contributed by atoms with Crippen molar-refractivity contribution in [3.05, 3.63) is 21.0 Å². The fourth-order valence-corrected chi connectivity index (χ4v) is 1.91. The minimum Gasteiger partial charge on any atom is -0.383 e. The molecule has 0 aliphatic carbocycles. The maximum absolute atomic E-state index is 11.9. The summed E-state index contributed by atoms with van der Waals surface area (Å²) in [7, 11) is 1.56. The highest BCUT2D eigenvalue weighted by molar-refractivity contribution is 9.10. The number of aromatic nitrogens is 2. The Bertz CT molecular complexity index is 594. The van der Waals surface area contributed by atoms with Gasteiger partial charge in [0, 0.05) is 13.7 Å². The lowest BCUT2D eigenvalue weighted by molar-refractivity contribution is -0.121. The van der Waals surface area contributed by atoms with E-state index in [0.717, 1.165) is 4.68 Å². The van der Waals surface area contributed by atoms with Crippen molar-refractivity contribution in [3.8, 4) is 12.3 Å². The highest BCUT2D eigenvalue weighted by Crippen LogP contribution is 2.17. The van der Waals surface area contributed by atoms with Crippen molar-refractivity contribution in [1.29, 1.82) is 0 Å². The van der Waals surface area contributed by atoms with E-state index in [-0.39, 0.29) is 22.5 Å².